The van der Waals surface area contributed by atoms with Gasteiger partial charge < -0.3 is 9.80 Å². The fourth-order valence-electron chi connectivity index (χ4n) is 7.50. The summed E-state index contributed by atoms with van der Waals surface area (Å²) in [7, 11) is 0. The van der Waals surface area contributed by atoms with Crippen molar-refractivity contribution in [2.24, 2.45) is 0 Å². The van der Waals surface area contributed by atoms with E-state index in [1.807, 2.05) is 48.9 Å². The van der Waals surface area contributed by atoms with Crippen LogP contribution in [0.2, 0.25) is 0 Å². The highest BCUT2D eigenvalue weighted by atomic mass is 32.1. The zero-order valence-electron chi connectivity index (χ0n) is 28.7. The molecule has 8 nitrogen and oxygen atoms in total. The van der Waals surface area contributed by atoms with Crippen LogP contribution < -0.4 is 9.80 Å². The van der Waals surface area contributed by atoms with Crippen LogP contribution in [0, 0.1) is 5.82 Å². The molecule has 260 valence electrons. The van der Waals surface area contributed by atoms with Gasteiger partial charge in [0.15, 0.2) is 0 Å². The topological polar surface area (TPSA) is 83.8 Å². The minimum atomic E-state index is -0.214. The third kappa shape index (κ3) is 6.09. The number of anilines is 2. The second kappa shape index (κ2) is 13.4. The van der Waals surface area contributed by atoms with Crippen molar-refractivity contribution in [1.82, 2.24) is 29.9 Å². The smallest absolute Gasteiger partial charge is 0.137 e. The van der Waals surface area contributed by atoms with E-state index < -0.39 is 0 Å². The Hall–Kier alpha value is -5.65. The monoisotopic (exact) mass is 732 g/mol. The molecule has 6 aromatic heterocycles. The highest BCUT2D eigenvalue weighted by molar-refractivity contribution is 7.22. The van der Waals surface area contributed by atoms with Gasteiger partial charge in [0.25, 0.3) is 0 Å². The van der Waals surface area contributed by atoms with Gasteiger partial charge in [0.2, 0.25) is 0 Å². The van der Waals surface area contributed by atoms with Gasteiger partial charge >= 0.3 is 0 Å². The van der Waals surface area contributed by atoms with Gasteiger partial charge in [-0.3, -0.25) is 9.97 Å². The molecule has 10 rings (SSSR count). The van der Waals surface area contributed by atoms with Crippen LogP contribution in [0.3, 0.4) is 0 Å². The average molecular weight is 733 g/mol. The highest BCUT2D eigenvalue weighted by Gasteiger charge is 2.28. The first-order valence-corrected chi connectivity index (χ1v) is 19.5. The van der Waals surface area contributed by atoms with Crippen LogP contribution in [0.1, 0.15) is 30.7 Å². The number of nitrogens with zero attached hydrogens (tertiary/aromatic N) is 8. The van der Waals surface area contributed by atoms with Crippen molar-refractivity contribution in [1.29, 1.82) is 0 Å². The van der Waals surface area contributed by atoms with E-state index in [2.05, 4.69) is 62.2 Å². The summed E-state index contributed by atoms with van der Waals surface area (Å²) in [6.45, 7) is 3.59. The molecule has 2 aliphatic heterocycles. The van der Waals surface area contributed by atoms with Crippen LogP contribution in [0.4, 0.5) is 16.0 Å². The van der Waals surface area contributed by atoms with Crippen LogP contribution in [0.5, 0.6) is 0 Å². The molecule has 1 unspecified atom stereocenters. The molecular formula is C42H33FN8S2. The molecule has 0 radical (unpaired) electrons. The van der Waals surface area contributed by atoms with Crippen LogP contribution in [-0.2, 0) is 0 Å². The maximum absolute atomic E-state index is 16.3. The molecule has 0 amide bonds. The Bertz CT molecular complexity index is 2580. The number of rotatable bonds is 7. The summed E-state index contributed by atoms with van der Waals surface area (Å²) in [5.74, 6) is 1.70. The summed E-state index contributed by atoms with van der Waals surface area (Å²) in [5, 5.41) is 1.84. The molecule has 8 aromatic rings. The van der Waals surface area contributed by atoms with Crippen LogP contribution in [-0.4, -0.2) is 56.1 Å². The van der Waals surface area contributed by atoms with Gasteiger partial charge in [0.1, 0.15) is 27.5 Å². The average Bonchev–Trinajstić information content (AvgIpc) is 4.05. The molecule has 2 aromatic carbocycles. The van der Waals surface area contributed by atoms with E-state index in [1.54, 1.807) is 41.3 Å². The Morgan fingerprint density at radius 2 is 1.26 bits per heavy atom. The fourth-order valence-corrected chi connectivity index (χ4v) is 9.37. The summed E-state index contributed by atoms with van der Waals surface area (Å²) < 4.78 is 18.5. The standard InChI is InChI=1S/C42H33FN8S2/c43-40-32(27-6-10-37-35(19-27)49-42(53-37)29-7-11-38(46-21-29)50-15-1-2-16-50)23-45-24-33(40)31-13-17-51(25-31)39-12-8-30(22-47-39)41-48-34-18-26(5-9-36(34)52-41)28-4-3-14-44-20-28/h3-12,14,18-24,31H,1-2,13,15-17,25H2. The molecule has 11 heteroatoms. The van der Waals surface area contributed by atoms with Gasteiger partial charge in [-0.05, 0) is 85.0 Å². The number of halogens is 1. The van der Waals surface area contributed by atoms with E-state index in [0.29, 0.717) is 17.7 Å². The second-order valence-electron chi connectivity index (χ2n) is 13.7. The highest BCUT2D eigenvalue weighted by Crippen LogP contribution is 2.38. The van der Waals surface area contributed by atoms with Gasteiger partial charge in [0.05, 0.1) is 20.4 Å². The lowest BCUT2D eigenvalue weighted by atomic mass is 9.96. The minimum absolute atomic E-state index is 0.00726. The molecule has 0 aliphatic carbocycles. The van der Waals surface area contributed by atoms with Gasteiger partial charge in [-0.2, -0.15) is 0 Å². The Morgan fingerprint density at radius 1 is 0.604 bits per heavy atom. The maximum atomic E-state index is 16.3. The van der Waals surface area contributed by atoms with E-state index in [4.69, 9.17) is 19.9 Å². The Balaban J connectivity index is 0.845. The van der Waals surface area contributed by atoms with Crippen LogP contribution >= 0.6 is 22.7 Å². The van der Waals surface area contributed by atoms with Crippen molar-refractivity contribution in [2.75, 3.05) is 36.0 Å². The lowest BCUT2D eigenvalue weighted by Gasteiger charge is -2.18. The van der Waals surface area contributed by atoms with Crippen LogP contribution in [0.15, 0.2) is 110 Å². The quantitative estimate of drug-likeness (QED) is 0.160. The molecule has 8 heterocycles. The molecule has 2 saturated heterocycles. The second-order valence-corrected chi connectivity index (χ2v) is 15.7. The summed E-state index contributed by atoms with van der Waals surface area (Å²) in [6, 6.07) is 24.6. The first kappa shape index (κ1) is 32.0. The lowest BCUT2D eigenvalue weighted by molar-refractivity contribution is 0.589. The molecule has 0 bridgehead atoms. The number of thiazole rings is 2. The van der Waals surface area contributed by atoms with Crippen LogP contribution in [0.25, 0.3) is 63.8 Å². The fraction of sp³-hybridized carbons (Fsp3) is 0.190. The van der Waals surface area contributed by atoms with E-state index in [0.717, 1.165) is 96.0 Å². The normalized spacial score (nSPS) is 16.0. The van der Waals surface area contributed by atoms with Crippen molar-refractivity contribution in [3.63, 3.8) is 0 Å². The zero-order chi connectivity index (χ0) is 35.3. The van der Waals surface area contributed by atoms with E-state index in [1.165, 1.54) is 12.8 Å². The minimum Gasteiger partial charge on any atom is -0.357 e. The number of benzene rings is 2. The molecule has 0 N–H and O–H groups in total. The van der Waals surface area contributed by atoms with Gasteiger partial charge in [-0.1, -0.05) is 18.2 Å². The lowest BCUT2D eigenvalue weighted by Crippen LogP contribution is -2.20. The summed E-state index contributed by atoms with van der Waals surface area (Å²) >= 11 is 3.29. The predicted octanol–water partition coefficient (Wildman–Crippen LogP) is 9.89. The van der Waals surface area contributed by atoms with Crippen molar-refractivity contribution in [3.05, 3.63) is 121 Å². The largest absolute Gasteiger partial charge is 0.357 e. The third-order valence-electron chi connectivity index (χ3n) is 10.4. The molecule has 2 aliphatic rings. The first-order chi connectivity index (χ1) is 26.1. The Labute approximate surface area is 313 Å². The third-order valence-corrected chi connectivity index (χ3v) is 12.5. The number of hydrogen-bond acceptors (Lipinski definition) is 10. The van der Waals surface area contributed by atoms with E-state index >= 15 is 4.39 Å². The van der Waals surface area contributed by atoms with Gasteiger partial charge in [-0.25, -0.2) is 24.3 Å². The predicted molar refractivity (Wildman–Crippen MR) is 213 cm³/mol. The number of pyridine rings is 4. The van der Waals surface area contributed by atoms with E-state index in [-0.39, 0.29) is 11.7 Å². The summed E-state index contributed by atoms with van der Waals surface area (Å²) in [4.78, 5) is 32.7. The van der Waals surface area contributed by atoms with Crippen molar-refractivity contribution in [3.8, 4) is 43.4 Å². The number of aromatic nitrogens is 6. The summed E-state index contributed by atoms with van der Waals surface area (Å²) in [6.07, 6.45) is 14.0. The van der Waals surface area contributed by atoms with Crippen molar-refractivity contribution < 1.29 is 4.39 Å². The van der Waals surface area contributed by atoms with Gasteiger partial charge in [0, 0.05) is 97.1 Å². The van der Waals surface area contributed by atoms with E-state index in [9.17, 15) is 0 Å². The van der Waals surface area contributed by atoms with Gasteiger partial charge in [-0.15, -0.1) is 22.7 Å². The Kier molecular flexibility index (Phi) is 8.10. The first-order valence-electron chi connectivity index (χ1n) is 17.9. The maximum Gasteiger partial charge on any atom is 0.137 e. The molecule has 0 spiro atoms. The molecule has 1 atom stereocenters. The molecule has 0 saturated carbocycles. The molecule has 53 heavy (non-hydrogen) atoms. The zero-order valence-corrected chi connectivity index (χ0v) is 30.3. The number of hydrogen-bond donors (Lipinski definition) is 0. The molecule has 2 fully saturated rings. The van der Waals surface area contributed by atoms with Crippen molar-refractivity contribution in [2.45, 2.75) is 25.2 Å². The molecular weight excluding hydrogens is 700 g/mol. The number of fused-ring (bicyclic) bond motifs is 2. The summed E-state index contributed by atoms with van der Waals surface area (Å²) in [5.41, 5.74) is 7.87. The van der Waals surface area contributed by atoms with Crippen molar-refractivity contribution >= 4 is 54.7 Å². The Morgan fingerprint density at radius 3 is 1.92 bits per heavy atom. The SMILES string of the molecule is Fc1c(-c2ccc3sc(-c4ccc(N5CCCC5)nc4)nc3c2)cncc1C1CCN(c2ccc(-c3nc4cc(-c5cccnc5)ccc4s3)cn2)C1.